The lowest BCUT2D eigenvalue weighted by Gasteiger charge is -2.08. The molecule has 0 bridgehead atoms. The molecule has 0 radical (unpaired) electrons. The van der Waals surface area contributed by atoms with E-state index in [1.54, 1.807) is 68.6 Å². The average Bonchev–Trinajstić information content (AvgIpc) is 2.84. The average molecular weight is 442 g/mol. The van der Waals surface area contributed by atoms with Gasteiger partial charge in [-0.3, -0.25) is 4.79 Å². The van der Waals surface area contributed by atoms with Crippen LogP contribution in [0.25, 0.3) is 11.0 Å². The number of methoxy groups -OCH3 is 1. The molecule has 0 spiro atoms. The second kappa shape index (κ2) is 9.82. The lowest BCUT2D eigenvalue weighted by molar-refractivity contribution is 0.0526. The monoisotopic (exact) mass is 442 g/mol. The summed E-state index contributed by atoms with van der Waals surface area (Å²) in [4.78, 5) is 29.5. The molecule has 33 heavy (non-hydrogen) atoms. The van der Waals surface area contributed by atoms with E-state index < -0.39 is 5.97 Å². The second-order valence-corrected chi connectivity index (χ2v) is 7.06. The van der Waals surface area contributed by atoms with Crippen LogP contribution in [0.2, 0.25) is 0 Å². The Hall–Kier alpha value is -4.39. The zero-order chi connectivity index (χ0) is 23.2. The molecule has 7 nitrogen and oxygen atoms in total. The van der Waals surface area contributed by atoms with Gasteiger partial charge >= 0.3 is 5.97 Å². The molecule has 0 aliphatic carbocycles. The Bertz CT molecular complexity index is 1360. The van der Waals surface area contributed by atoms with Crippen molar-refractivity contribution in [3.05, 3.63) is 95.5 Å². The molecule has 4 aromatic rings. The summed E-state index contributed by atoms with van der Waals surface area (Å²) in [6.45, 7) is 2.05. The van der Waals surface area contributed by atoms with E-state index in [-0.39, 0.29) is 17.0 Å². The van der Waals surface area contributed by atoms with E-state index in [1.165, 1.54) is 0 Å². The van der Waals surface area contributed by atoms with Crippen LogP contribution in [-0.2, 0) is 4.74 Å². The summed E-state index contributed by atoms with van der Waals surface area (Å²) >= 11 is 0. The third-order valence-corrected chi connectivity index (χ3v) is 4.86. The van der Waals surface area contributed by atoms with Gasteiger partial charge in [-0.25, -0.2) is 9.79 Å². The first-order valence-corrected chi connectivity index (χ1v) is 10.4. The Labute approximate surface area is 190 Å². The van der Waals surface area contributed by atoms with E-state index in [9.17, 15) is 9.59 Å². The largest absolute Gasteiger partial charge is 0.497 e. The Balaban J connectivity index is 1.72. The first-order chi connectivity index (χ1) is 16.1. The summed E-state index contributed by atoms with van der Waals surface area (Å²) in [7, 11) is 1.58. The Morgan fingerprint density at radius 1 is 0.970 bits per heavy atom. The predicted molar refractivity (Wildman–Crippen MR) is 125 cm³/mol. The predicted octanol–water partition coefficient (Wildman–Crippen LogP) is 5.10. The van der Waals surface area contributed by atoms with E-state index in [2.05, 4.69) is 10.3 Å². The number of anilines is 1. The minimum atomic E-state index is -0.404. The fourth-order valence-electron chi connectivity index (χ4n) is 3.19. The van der Waals surface area contributed by atoms with Gasteiger partial charge in [0.1, 0.15) is 16.9 Å². The lowest BCUT2D eigenvalue weighted by Crippen LogP contribution is -2.21. The molecule has 0 saturated carbocycles. The molecule has 1 aromatic heterocycles. The molecular weight excluding hydrogens is 420 g/mol. The number of para-hydroxylation sites is 1. The van der Waals surface area contributed by atoms with Crippen LogP contribution in [-0.4, -0.2) is 25.6 Å². The van der Waals surface area contributed by atoms with Gasteiger partial charge in [0.2, 0.25) is 5.55 Å². The number of carbonyl (C=O) groups excluding carboxylic acids is 2. The fourth-order valence-corrected chi connectivity index (χ4v) is 3.19. The maximum Gasteiger partial charge on any atom is 0.338 e. The topological polar surface area (TPSA) is 90.1 Å². The maximum absolute atomic E-state index is 13.1. The van der Waals surface area contributed by atoms with E-state index in [4.69, 9.17) is 13.9 Å². The Morgan fingerprint density at radius 3 is 2.39 bits per heavy atom. The third-order valence-electron chi connectivity index (χ3n) is 4.86. The normalized spacial score (nSPS) is 11.3. The number of benzene rings is 3. The van der Waals surface area contributed by atoms with E-state index in [1.807, 2.05) is 24.3 Å². The van der Waals surface area contributed by atoms with Gasteiger partial charge < -0.3 is 19.2 Å². The van der Waals surface area contributed by atoms with Gasteiger partial charge in [0, 0.05) is 11.1 Å². The number of hydrogen-bond donors (Lipinski definition) is 1. The molecule has 0 aliphatic heterocycles. The molecule has 0 fully saturated rings. The van der Waals surface area contributed by atoms with Crippen molar-refractivity contribution in [1.82, 2.24) is 0 Å². The van der Waals surface area contributed by atoms with Crippen LogP contribution >= 0.6 is 0 Å². The van der Waals surface area contributed by atoms with Gasteiger partial charge in [-0.15, -0.1) is 0 Å². The van der Waals surface area contributed by atoms with E-state index in [0.29, 0.717) is 34.9 Å². The highest BCUT2D eigenvalue weighted by Gasteiger charge is 2.14. The Morgan fingerprint density at radius 2 is 1.70 bits per heavy atom. The fraction of sp³-hybridized carbons (Fsp3) is 0.115. The molecule has 166 valence electrons. The van der Waals surface area contributed by atoms with Gasteiger partial charge in [0.05, 0.1) is 25.0 Å². The molecule has 0 unspecified atom stereocenters. The van der Waals surface area contributed by atoms with Gasteiger partial charge in [0.15, 0.2) is 0 Å². The number of fused-ring (bicyclic) bond motifs is 1. The summed E-state index contributed by atoms with van der Waals surface area (Å²) < 4.78 is 16.1. The van der Waals surface area contributed by atoms with E-state index in [0.717, 1.165) is 5.39 Å². The van der Waals surface area contributed by atoms with Crippen molar-refractivity contribution < 1.29 is 23.5 Å². The summed E-state index contributed by atoms with van der Waals surface area (Å²) in [5.41, 5.74) is 2.59. The van der Waals surface area contributed by atoms with Crippen molar-refractivity contribution in [3.63, 3.8) is 0 Å². The van der Waals surface area contributed by atoms with Crippen molar-refractivity contribution in [2.24, 2.45) is 4.99 Å². The minimum absolute atomic E-state index is 0.156. The molecule has 3 aromatic carbocycles. The van der Waals surface area contributed by atoms with Crippen LogP contribution in [0.1, 0.15) is 27.6 Å². The highest BCUT2D eigenvalue weighted by molar-refractivity contribution is 6.05. The van der Waals surface area contributed by atoms with Crippen LogP contribution in [0.4, 0.5) is 11.4 Å². The second-order valence-electron chi connectivity index (χ2n) is 7.06. The molecule has 7 heteroatoms. The number of nitrogens with one attached hydrogen (secondary N) is 1. The number of rotatable bonds is 6. The zero-order valence-corrected chi connectivity index (χ0v) is 18.2. The SMILES string of the molecule is CCOC(=O)c1ccc(N=c2oc3ccccc3cc2C(=O)Nc2ccc(OC)cc2)cc1. The minimum Gasteiger partial charge on any atom is -0.497 e. The number of nitrogens with zero attached hydrogens (tertiary/aromatic N) is 1. The molecule has 0 aliphatic rings. The van der Waals surface area contributed by atoms with Crippen molar-refractivity contribution in [1.29, 1.82) is 0 Å². The molecule has 1 amide bonds. The lowest BCUT2D eigenvalue weighted by atomic mass is 10.1. The molecule has 1 N–H and O–H groups in total. The van der Waals surface area contributed by atoms with Gasteiger partial charge in [-0.2, -0.15) is 0 Å². The first kappa shape index (κ1) is 21.8. The number of hydrogen-bond acceptors (Lipinski definition) is 6. The van der Waals surface area contributed by atoms with Crippen LogP contribution in [0.3, 0.4) is 0 Å². The van der Waals surface area contributed by atoms with Crippen LogP contribution in [0, 0.1) is 0 Å². The molecule has 1 heterocycles. The number of amides is 1. The zero-order valence-electron chi connectivity index (χ0n) is 18.2. The summed E-state index contributed by atoms with van der Waals surface area (Å²) in [6, 6.07) is 22.7. The summed E-state index contributed by atoms with van der Waals surface area (Å²) in [5.74, 6) is -0.0776. The number of ether oxygens (including phenoxy) is 2. The van der Waals surface area contributed by atoms with Crippen LogP contribution in [0.5, 0.6) is 5.75 Å². The molecule has 4 rings (SSSR count). The molecular formula is C26H22N2O5. The quantitative estimate of drug-likeness (QED) is 0.420. The van der Waals surface area contributed by atoms with Gasteiger partial charge in [0.25, 0.3) is 5.91 Å². The molecule has 0 atom stereocenters. The number of esters is 1. The maximum atomic E-state index is 13.1. The van der Waals surface area contributed by atoms with Crippen molar-refractivity contribution in [2.75, 3.05) is 19.0 Å². The van der Waals surface area contributed by atoms with Crippen molar-refractivity contribution in [2.45, 2.75) is 6.92 Å². The summed E-state index contributed by atoms with van der Waals surface area (Å²) in [6.07, 6.45) is 0. The molecule has 0 saturated heterocycles. The van der Waals surface area contributed by atoms with Gasteiger partial charge in [-0.1, -0.05) is 18.2 Å². The van der Waals surface area contributed by atoms with E-state index >= 15 is 0 Å². The third kappa shape index (κ3) is 5.10. The Kier molecular flexibility index (Phi) is 6.50. The van der Waals surface area contributed by atoms with Gasteiger partial charge in [-0.05, 0) is 67.6 Å². The highest BCUT2D eigenvalue weighted by atomic mass is 16.5. The smallest absolute Gasteiger partial charge is 0.338 e. The summed E-state index contributed by atoms with van der Waals surface area (Å²) in [5, 5.41) is 3.64. The number of carbonyl (C=O) groups is 2. The first-order valence-electron chi connectivity index (χ1n) is 10.4. The van der Waals surface area contributed by atoms with Crippen molar-refractivity contribution in [3.8, 4) is 5.75 Å². The highest BCUT2D eigenvalue weighted by Crippen LogP contribution is 2.19. The van der Waals surface area contributed by atoms with Crippen LogP contribution in [0.15, 0.2) is 88.3 Å². The van der Waals surface area contributed by atoms with Crippen LogP contribution < -0.4 is 15.6 Å². The van der Waals surface area contributed by atoms with Crippen molar-refractivity contribution >= 4 is 34.2 Å². The standard InChI is InChI=1S/C26H22N2O5/c1-3-32-26(30)17-8-10-20(11-9-17)28-25-22(16-18-6-4-5-7-23(18)33-25)24(29)27-19-12-14-21(31-2)15-13-19/h4-16H,3H2,1-2H3,(H,27,29).